The molecule has 0 atom stereocenters. The van der Waals surface area contributed by atoms with Crippen molar-refractivity contribution in [3.63, 3.8) is 0 Å². The molecule has 0 aromatic rings. The normalized spacial score (nSPS) is 21.6. The molecule has 0 amide bonds. The molecule has 0 spiro atoms. The van der Waals surface area contributed by atoms with E-state index in [0.29, 0.717) is 10.8 Å². The molecule has 90 valence electrons. The molecule has 1 fully saturated rings. The summed E-state index contributed by atoms with van der Waals surface area (Å²) in [5.74, 6) is 0. The maximum Gasteiger partial charge on any atom is 0.0462 e. The van der Waals surface area contributed by atoms with Gasteiger partial charge in [0.2, 0.25) is 0 Å². The highest BCUT2D eigenvalue weighted by molar-refractivity contribution is 4.91. The zero-order valence-corrected chi connectivity index (χ0v) is 11.1. The molecule has 0 N–H and O–H groups in total. The van der Waals surface area contributed by atoms with Crippen molar-refractivity contribution in [2.75, 3.05) is 13.7 Å². The highest BCUT2D eigenvalue weighted by Crippen LogP contribution is 2.51. The maximum atomic E-state index is 5.16. The van der Waals surface area contributed by atoms with Crippen LogP contribution in [0.25, 0.3) is 0 Å². The zero-order valence-electron chi connectivity index (χ0n) is 11.1. The Bertz CT molecular complexity index is 178. The molecule has 0 aromatic carbocycles. The predicted molar refractivity (Wildman–Crippen MR) is 66.1 cm³/mol. The van der Waals surface area contributed by atoms with Gasteiger partial charge in [-0.15, -0.1) is 0 Å². The number of hydrogen-bond acceptors (Lipinski definition) is 1. The second-order valence-corrected chi connectivity index (χ2v) is 6.10. The minimum atomic E-state index is 0.478. The van der Waals surface area contributed by atoms with Crippen molar-refractivity contribution in [1.82, 2.24) is 0 Å². The lowest BCUT2D eigenvalue weighted by Gasteiger charge is -2.47. The van der Waals surface area contributed by atoms with E-state index in [-0.39, 0.29) is 0 Å². The first-order chi connectivity index (χ1) is 7.02. The van der Waals surface area contributed by atoms with Gasteiger partial charge >= 0.3 is 0 Å². The van der Waals surface area contributed by atoms with Gasteiger partial charge in [-0.1, -0.05) is 40.0 Å². The molecule has 0 radical (unpaired) electrons. The molecular formula is C14H28O. The molecule has 1 rings (SSSR count). The number of ether oxygens (including phenoxy) is 1. The lowest BCUT2D eigenvalue weighted by molar-refractivity contribution is 0.0284. The summed E-state index contributed by atoms with van der Waals surface area (Å²) >= 11 is 0. The number of methoxy groups -OCH3 is 1. The van der Waals surface area contributed by atoms with E-state index in [1.807, 2.05) is 0 Å². The fraction of sp³-hybridized carbons (Fsp3) is 1.00. The summed E-state index contributed by atoms with van der Waals surface area (Å²) < 4.78 is 5.16. The standard InChI is InChI=1S/C14H28O/c1-13(2,9-8-12-15-4)14(3)10-6-5-7-11-14/h5-12H2,1-4H3. The summed E-state index contributed by atoms with van der Waals surface area (Å²) in [6.45, 7) is 8.32. The van der Waals surface area contributed by atoms with Crippen LogP contribution in [0, 0.1) is 10.8 Å². The minimum Gasteiger partial charge on any atom is -0.385 e. The van der Waals surface area contributed by atoms with Crippen molar-refractivity contribution in [2.45, 2.75) is 65.7 Å². The molecule has 0 aromatic heterocycles. The van der Waals surface area contributed by atoms with Gasteiger partial charge in [-0.05, 0) is 36.5 Å². The molecule has 1 heteroatoms. The summed E-state index contributed by atoms with van der Waals surface area (Å²) in [5.41, 5.74) is 1.05. The fourth-order valence-electron chi connectivity index (χ4n) is 2.97. The molecule has 15 heavy (non-hydrogen) atoms. The minimum absolute atomic E-state index is 0.478. The molecule has 0 bridgehead atoms. The van der Waals surface area contributed by atoms with Crippen LogP contribution in [0.3, 0.4) is 0 Å². The lowest BCUT2D eigenvalue weighted by atomic mass is 9.58. The van der Waals surface area contributed by atoms with Crippen LogP contribution >= 0.6 is 0 Å². The predicted octanol–water partition coefficient (Wildman–Crippen LogP) is 4.41. The Morgan fingerprint density at radius 3 is 2.27 bits per heavy atom. The van der Waals surface area contributed by atoms with Gasteiger partial charge in [-0.25, -0.2) is 0 Å². The van der Waals surface area contributed by atoms with Gasteiger partial charge in [-0.3, -0.25) is 0 Å². The van der Waals surface area contributed by atoms with E-state index >= 15 is 0 Å². The van der Waals surface area contributed by atoms with Crippen molar-refractivity contribution in [1.29, 1.82) is 0 Å². The van der Waals surface area contributed by atoms with Crippen LogP contribution in [-0.2, 0) is 4.74 Å². The Labute approximate surface area is 95.6 Å². The Morgan fingerprint density at radius 2 is 1.73 bits per heavy atom. The molecule has 1 aliphatic carbocycles. The van der Waals surface area contributed by atoms with Crippen molar-refractivity contribution in [3.05, 3.63) is 0 Å². The van der Waals surface area contributed by atoms with Crippen LogP contribution in [-0.4, -0.2) is 13.7 Å². The molecule has 0 heterocycles. The van der Waals surface area contributed by atoms with Crippen LogP contribution < -0.4 is 0 Å². The van der Waals surface area contributed by atoms with E-state index in [1.165, 1.54) is 44.9 Å². The monoisotopic (exact) mass is 212 g/mol. The molecular weight excluding hydrogens is 184 g/mol. The molecule has 1 nitrogen and oxygen atoms in total. The quantitative estimate of drug-likeness (QED) is 0.613. The molecule has 0 unspecified atom stereocenters. The third kappa shape index (κ3) is 3.21. The van der Waals surface area contributed by atoms with Crippen LogP contribution in [0.4, 0.5) is 0 Å². The first-order valence-corrected chi connectivity index (χ1v) is 6.51. The smallest absolute Gasteiger partial charge is 0.0462 e. The Balaban J connectivity index is 2.49. The third-order valence-corrected chi connectivity index (χ3v) is 4.74. The van der Waals surface area contributed by atoms with Gasteiger partial charge in [0, 0.05) is 13.7 Å². The van der Waals surface area contributed by atoms with Crippen LogP contribution in [0.5, 0.6) is 0 Å². The van der Waals surface area contributed by atoms with Gasteiger partial charge in [-0.2, -0.15) is 0 Å². The summed E-state index contributed by atoms with van der Waals surface area (Å²) in [4.78, 5) is 0. The summed E-state index contributed by atoms with van der Waals surface area (Å²) in [5, 5.41) is 0. The fourth-order valence-corrected chi connectivity index (χ4v) is 2.97. The average Bonchev–Trinajstić information content (AvgIpc) is 2.19. The highest BCUT2D eigenvalue weighted by atomic mass is 16.5. The summed E-state index contributed by atoms with van der Waals surface area (Å²) in [6.07, 6.45) is 9.68. The molecule has 0 saturated heterocycles. The number of hydrogen-bond donors (Lipinski definition) is 0. The molecule has 0 aliphatic heterocycles. The van der Waals surface area contributed by atoms with E-state index in [4.69, 9.17) is 4.74 Å². The first-order valence-electron chi connectivity index (χ1n) is 6.51. The van der Waals surface area contributed by atoms with E-state index in [9.17, 15) is 0 Å². The van der Waals surface area contributed by atoms with Crippen molar-refractivity contribution in [3.8, 4) is 0 Å². The summed E-state index contributed by atoms with van der Waals surface area (Å²) in [7, 11) is 1.80. The van der Waals surface area contributed by atoms with Gasteiger partial charge in [0.15, 0.2) is 0 Å². The zero-order chi connectivity index (χ0) is 11.4. The van der Waals surface area contributed by atoms with Crippen molar-refractivity contribution < 1.29 is 4.74 Å². The number of rotatable bonds is 5. The third-order valence-electron chi connectivity index (χ3n) is 4.74. The summed E-state index contributed by atoms with van der Waals surface area (Å²) in [6, 6.07) is 0. The lowest BCUT2D eigenvalue weighted by Crippen LogP contribution is -2.37. The average molecular weight is 212 g/mol. The molecule has 1 aliphatic rings. The van der Waals surface area contributed by atoms with Crippen molar-refractivity contribution >= 4 is 0 Å². The Morgan fingerprint density at radius 1 is 1.13 bits per heavy atom. The van der Waals surface area contributed by atoms with Crippen molar-refractivity contribution in [2.24, 2.45) is 10.8 Å². The Hall–Kier alpha value is -0.0400. The van der Waals surface area contributed by atoms with Gasteiger partial charge < -0.3 is 4.74 Å². The van der Waals surface area contributed by atoms with E-state index < -0.39 is 0 Å². The SMILES string of the molecule is COCCCC(C)(C)C1(C)CCCCC1. The van der Waals surface area contributed by atoms with Crippen LogP contribution in [0.2, 0.25) is 0 Å². The van der Waals surface area contributed by atoms with Gasteiger partial charge in [0.05, 0.1) is 0 Å². The van der Waals surface area contributed by atoms with Gasteiger partial charge in [0.1, 0.15) is 0 Å². The van der Waals surface area contributed by atoms with E-state index in [1.54, 1.807) is 7.11 Å². The second kappa shape index (κ2) is 5.34. The van der Waals surface area contributed by atoms with Crippen LogP contribution in [0.1, 0.15) is 65.7 Å². The Kier molecular flexibility index (Phi) is 4.64. The second-order valence-electron chi connectivity index (χ2n) is 6.10. The van der Waals surface area contributed by atoms with E-state index in [2.05, 4.69) is 20.8 Å². The first kappa shape index (κ1) is 13.0. The maximum absolute atomic E-state index is 5.16. The molecule has 1 saturated carbocycles. The van der Waals surface area contributed by atoms with E-state index in [0.717, 1.165) is 6.61 Å². The highest BCUT2D eigenvalue weighted by Gasteiger charge is 2.40. The van der Waals surface area contributed by atoms with Crippen LogP contribution in [0.15, 0.2) is 0 Å². The van der Waals surface area contributed by atoms with Gasteiger partial charge in [0.25, 0.3) is 0 Å². The topological polar surface area (TPSA) is 9.23 Å². The largest absolute Gasteiger partial charge is 0.385 e.